The molecule has 0 aromatic rings. The van der Waals surface area contributed by atoms with E-state index in [2.05, 4.69) is 20.0 Å². The van der Waals surface area contributed by atoms with Gasteiger partial charge in [-0.15, -0.1) is 0 Å². The number of hydrogen-bond donors (Lipinski definition) is 0. The predicted octanol–water partition coefficient (Wildman–Crippen LogP) is 0.0713. The van der Waals surface area contributed by atoms with Gasteiger partial charge in [0.05, 0.1) is 11.9 Å². The Morgan fingerprint density at radius 1 is 1.86 bits per heavy atom. The van der Waals surface area contributed by atoms with E-state index in [-0.39, 0.29) is 0 Å². The third kappa shape index (κ3) is 3.61. The minimum atomic E-state index is -2.06. The van der Waals surface area contributed by atoms with E-state index >= 15 is 0 Å². The SMILES string of the molecule is O=C=NS(=O)OCl. The fraction of sp³-hybridized carbons (Fsp3) is 0. The summed E-state index contributed by atoms with van der Waals surface area (Å²) < 4.78 is 15.8. The Balaban J connectivity index is 3.58. The summed E-state index contributed by atoms with van der Waals surface area (Å²) in [6.07, 6.45) is 0.984. The molecule has 6 heteroatoms. The van der Waals surface area contributed by atoms with E-state index in [1.54, 1.807) is 0 Å². The zero-order valence-electron chi connectivity index (χ0n) is 2.96. The van der Waals surface area contributed by atoms with Crippen LogP contribution in [-0.2, 0) is 19.8 Å². The van der Waals surface area contributed by atoms with Crippen LogP contribution in [0.4, 0.5) is 0 Å². The Morgan fingerprint density at radius 2 is 2.43 bits per heavy atom. The second kappa shape index (κ2) is 3.95. The number of halogens is 1. The number of hydrogen-bond acceptors (Lipinski definition) is 3. The first-order valence-corrected chi connectivity index (χ1v) is 2.44. The molecular weight excluding hydrogens is 142 g/mol. The van der Waals surface area contributed by atoms with Crippen LogP contribution < -0.4 is 0 Å². The van der Waals surface area contributed by atoms with Crippen molar-refractivity contribution in [2.45, 2.75) is 0 Å². The highest BCUT2D eigenvalue weighted by Crippen LogP contribution is 1.86. The molecule has 7 heavy (non-hydrogen) atoms. The summed E-state index contributed by atoms with van der Waals surface area (Å²) in [6, 6.07) is 0. The summed E-state index contributed by atoms with van der Waals surface area (Å²) in [4.78, 5) is 9.15. The second-order valence-corrected chi connectivity index (χ2v) is 1.58. The van der Waals surface area contributed by atoms with Crippen molar-refractivity contribution in [2.24, 2.45) is 4.40 Å². The Morgan fingerprint density at radius 3 is 2.57 bits per heavy atom. The molecule has 4 nitrogen and oxygen atoms in total. The maximum atomic E-state index is 9.74. The zero-order chi connectivity index (χ0) is 5.70. The van der Waals surface area contributed by atoms with Crippen molar-refractivity contribution in [1.29, 1.82) is 0 Å². The summed E-state index contributed by atoms with van der Waals surface area (Å²) in [6.45, 7) is 0. The van der Waals surface area contributed by atoms with Crippen LogP contribution in [0.5, 0.6) is 0 Å². The third-order valence-corrected chi connectivity index (χ3v) is 0.820. The number of nitrogens with zero attached hydrogens (tertiary/aromatic N) is 1. The number of rotatable bonds is 2. The molecule has 0 aromatic heterocycles. The van der Waals surface area contributed by atoms with Crippen molar-refractivity contribution in [3.05, 3.63) is 0 Å². The molecule has 0 aliphatic rings. The lowest BCUT2D eigenvalue weighted by Crippen LogP contribution is -1.77. The average Bonchev–Trinajstić information content (AvgIpc) is 1.68. The van der Waals surface area contributed by atoms with Crippen LogP contribution >= 0.6 is 11.9 Å². The third-order valence-electron chi connectivity index (χ3n) is 0.166. The normalized spacial score (nSPS) is 12.1. The van der Waals surface area contributed by atoms with Crippen molar-refractivity contribution < 1.29 is 12.7 Å². The Kier molecular flexibility index (Phi) is 3.83. The molecule has 0 spiro atoms. The lowest BCUT2D eigenvalue weighted by Gasteiger charge is -1.73. The monoisotopic (exact) mass is 141 g/mol. The quantitative estimate of drug-likeness (QED) is 0.404. The Bertz CT molecular complexity index is 118. The summed E-state index contributed by atoms with van der Waals surface area (Å²) in [7, 11) is 0. The Hall–Kier alpha value is -0.220. The van der Waals surface area contributed by atoms with Gasteiger partial charge >= 0.3 is 11.3 Å². The minimum absolute atomic E-state index is 0.984. The van der Waals surface area contributed by atoms with Crippen molar-refractivity contribution >= 4 is 29.2 Å². The molecule has 0 radical (unpaired) electrons. The van der Waals surface area contributed by atoms with Gasteiger partial charge < -0.3 is 0 Å². The van der Waals surface area contributed by atoms with Crippen LogP contribution in [-0.4, -0.2) is 10.3 Å². The molecule has 1 unspecified atom stereocenters. The van der Waals surface area contributed by atoms with Crippen LogP contribution in [0.1, 0.15) is 0 Å². The molecule has 0 bridgehead atoms. The molecule has 0 heterocycles. The molecule has 0 aliphatic heterocycles. The van der Waals surface area contributed by atoms with Crippen LogP contribution in [0.3, 0.4) is 0 Å². The predicted molar refractivity (Wildman–Crippen MR) is 23.2 cm³/mol. The maximum absolute atomic E-state index is 9.74. The maximum Gasteiger partial charge on any atom is 0.313 e. The van der Waals surface area contributed by atoms with Gasteiger partial charge in [-0.2, -0.15) is 3.74 Å². The van der Waals surface area contributed by atoms with E-state index in [1.807, 2.05) is 0 Å². The lowest BCUT2D eigenvalue weighted by molar-refractivity contribution is 0.563. The summed E-state index contributed by atoms with van der Waals surface area (Å²) in [5, 5.41) is 0. The summed E-state index contributed by atoms with van der Waals surface area (Å²) >= 11 is 2.40. The van der Waals surface area contributed by atoms with Crippen LogP contribution in [0.25, 0.3) is 0 Å². The largest absolute Gasteiger partial charge is 0.313 e. The van der Waals surface area contributed by atoms with Gasteiger partial charge in [0.15, 0.2) is 0 Å². The standard InChI is InChI=1S/CClNO3S/c2-6-7(5)3-1-4. The molecular formula is CClNO3S. The fourth-order valence-corrected chi connectivity index (χ4v) is 0.218. The van der Waals surface area contributed by atoms with E-state index in [0.717, 1.165) is 6.08 Å². The molecule has 0 aromatic carbocycles. The summed E-state index contributed by atoms with van der Waals surface area (Å²) in [5.41, 5.74) is 0. The molecule has 1 atom stereocenters. The average molecular weight is 142 g/mol. The number of carbonyl (C=O) groups excluding carboxylic acids is 1. The van der Waals surface area contributed by atoms with Gasteiger partial charge in [0.25, 0.3) is 6.08 Å². The minimum Gasteiger partial charge on any atom is -0.210 e. The van der Waals surface area contributed by atoms with Crippen molar-refractivity contribution in [1.82, 2.24) is 0 Å². The Labute approximate surface area is 47.1 Å². The van der Waals surface area contributed by atoms with Gasteiger partial charge in [0, 0.05) is 0 Å². The van der Waals surface area contributed by atoms with E-state index in [9.17, 15) is 4.21 Å². The van der Waals surface area contributed by atoms with Gasteiger partial charge in [-0.1, -0.05) is 4.40 Å². The summed E-state index contributed by atoms with van der Waals surface area (Å²) in [5.74, 6) is 0. The van der Waals surface area contributed by atoms with Crippen molar-refractivity contribution in [3.63, 3.8) is 0 Å². The van der Waals surface area contributed by atoms with Crippen LogP contribution in [0.15, 0.2) is 4.40 Å². The highest BCUT2D eigenvalue weighted by atomic mass is 35.5. The molecule has 0 amide bonds. The van der Waals surface area contributed by atoms with Crippen molar-refractivity contribution in [2.75, 3.05) is 0 Å². The highest BCUT2D eigenvalue weighted by Gasteiger charge is 1.87. The van der Waals surface area contributed by atoms with Gasteiger partial charge in [0.1, 0.15) is 0 Å². The first kappa shape index (κ1) is 6.78. The van der Waals surface area contributed by atoms with Gasteiger partial charge in [-0.3, -0.25) is 0 Å². The molecule has 0 saturated heterocycles. The lowest BCUT2D eigenvalue weighted by atomic mass is 11.7. The van der Waals surface area contributed by atoms with E-state index < -0.39 is 11.3 Å². The number of isocyanates is 1. The van der Waals surface area contributed by atoms with E-state index in [1.165, 1.54) is 0 Å². The topological polar surface area (TPSA) is 55.7 Å². The highest BCUT2D eigenvalue weighted by molar-refractivity contribution is 7.79. The first-order valence-electron chi connectivity index (χ1n) is 1.10. The van der Waals surface area contributed by atoms with E-state index in [0.29, 0.717) is 0 Å². The molecule has 0 fully saturated rings. The molecule has 0 aliphatic carbocycles. The fourth-order valence-electron chi connectivity index (χ4n) is 0.0445. The smallest absolute Gasteiger partial charge is 0.210 e. The van der Waals surface area contributed by atoms with Gasteiger partial charge in [-0.05, 0) is 0 Å². The van der Waals surface area contributed by atoms with Crippen molar-refractivity contribution in [3.8, 4) is 0 Å². The second-order valence-electron chi connectivity index (χ2n) is 0.463. The first-order chi connectivity index (χ1) is 3.31. The van der Waals surface area contributed by atoms with E-state index in [4.69, 9.17) is 4.79 Å². The molecule has 40 valence electrons. The molecule has 0 N–H and O–H groups in total. The van der Waals surface area contributed by atoms with Gasteiger partial charge in [-0.25, -0.2) is 9.00 Å². The van der Waals surface area contributed by atoms with Gasteiger partial charge in [0.2, 0.25) is 0 Å². The van der Waals surface area contributed by atoms with Crippen LogP contribution in [0.2, 0.25) is 0 Å². The molecule has 0 saturated carbocycles. The van der Waals surface area contributed by atoms with Crippen LogP contribution in [0, 0.1) is 0 Å². The zero-order valence-corrected chi connectivity index (χ0v) is 4.53. The molecule has 0 rings (SSSR count).